The third-order valence-corrected chi connectivity index (χ3v) is 6.55. The monoisotopic (exact) mass is 526 g/mol. The molecule has 0 spiro atoms. The fourth-order valence-electron chi connectivity index (χ4n) is 4.68. The van der Waals surface area contributed by atoms with Crippen molar-refractivity contribution in [1.82, 2.24) is 9.97 Å². The molecule has 1 fully saturated rings. The second kappa shape index (κ2) is 10.2. The van der Waals surface area contributed by atoms with Crippen LogP contribution >= 0.6 is 0 Å². The Morgan fingerprint density at radius 2 is 1.77 bits per heavy atom. The molecule has 3 aromatic carbocycles. The second-order valence-electron chi connectivity index (χ2n) is 9.79. The fraction of sp³-hybridized carbons (Fsp3) is 0.233. The second-order valence-corrected chi connectivity index (χ2v) is 9.79. The number of ketones is 1. The average Bonchev–Trinajstić information content (AvgIpc) is 3.45. The summed E-state index contributed by atoms with van der Waals surface area (Å²) in [5, 5.41) is 11.5. The number of aliphatic hydroxyl groups is 1. The lowest BCUT2D eigenvalue weighted by Crippen LogP contribution is -2.30. The van der Waals surface area contributed by atoms with E-state index in [1.807, 2.05) is 57.1 Å². The number of rotatable bonds is 7. The summed E-state index contributed by atoms with van der Waals surface area (Å²) in [7, 11) is 5.42. The molecule has 2 N–H and O–H groups in total. The molecule has 1 unspecified atom stereocenters. The Kier molecular flexibility index (Phi) is 6.74. The molecule has 2 heterocycles. The van der Waals surface area contributed by atoms with Gasteiger partial charge in [-0.05, 0) is 55.8 Å². The van der Waals surface area contributed by atoms with Crippen molar-refractivity contribution >= 4 is 40.1 Å². The van der Waals surface area contributed by atoms with Crippen LogP contribution in [0.5, 0.6) is 11.5 Å². The van der Waals surface area contributed by atoms with Gasteiger partial charge in [0.15, 0.2) is 0 Å². The van der Waals surface area contributed by atoms with Crippen molar-refractivity contribution in [2.24, 2.45) is 0 Å². The van der Waals surface area contributed by atoms with Gasteiger partial charge in [0.1, 0.15) is 17.3 Å². The van der Waals surface area contributed by atoms with Crippen LogP contribution in [0.25, 0.3) is 16.8 Å². The zero-order chi connectivity index (χ0) is 27.8. The molecule has 1 aliphatic rings. The number of nitrogens with zero attached hydrogens (tertiary/aromatic N) is 3. The van der Waals surface area contributed by atoms with Crippen molar-refractivity contribution in [3.05, 3.63) is 83.4 Å². The first kappa shape index (κ1) is 25.8. The molecule has 39 heavy (non-hydrogen) atoms. The van der Waals surface area contributed by atoms with Crippen molar-refractivity contribution < 1.29 is 24.2 Å². The van der Waals surface area contributed by atoms with E-state index in [2.05, 4.69) is 9.97 Å². The number of Topliss-reactive ketones (excluding diaryl/α,β-unsaturated/α-hetero) is 1. The number of carbonyl (C=O) groups excluding carboxylic acids is 2. The number of anilines is 2. The normalized spacial score (nSPS) is 16.8. The lowest BCUT2D eigenvalue weighted by molar-refractivity contribution is -0.132. The molecule has 1 amide bonds. The molecule has 1 aliphatic heterocycles. The van der Waals surface area contributed by atoms with Gasteiger partial charge in [0.2, 0.25) is 5.95 Å². The summed E-state index contributed by atoms with van der Waals surface area (Å²) in [6.45, 7) is 3.80. The largest absolute Gasteiger partial charge is 0.507 e. The first-order chi connectivity index (χ1) is 18.7. The first-order valence-electron chi connectivity index (χ1n) is 12.6. The molecule has 5 rings (SSSR count). The van der Waals surface area contributed by atoms with E-state index in [1.165, 1.54) is 4.90 Å². The third kappa shape index (κ3) is 4.79. The number of hydrogen-bond acceptors (Lipinski definition) is 7. The zero-order valence-corrected chi connectivity index (χ0v) is 22.4. The number of aromatic amines is 1. The van der Waals surface area contributed by atoms with Gasteiger partial charge in [-0.25, -0.2) is 4.98 Å². The van der Waals surface area contributed by atoms with Crippen LogP contribution in [0.1, 0.15) is 31.0 Å². The molecule has 0 aliphatic carbocycles. The highest BCUT2D eigenvalue weighted by atomic mass is 16.5. The van der Waals surface area contributed by atoms with Gasteiger partial charge in [-0.15, -0.1) is 0 Å². The number of aromatic nitrogens is 2. The number of nitrogens with one attached hydrogen (secondary N) is 1. The van der Waals surface area contributed by atoms with E-state index in [4.69, 9.17) is 9.47 Å². The maximum absolute atomic E-state index is 13.5. The molecule has 200 valence electrons. The maximum Gasteiger partial charge on any atom is 0.302 e. The Morgan fingerprint density at radius 1 is 1.03 bits per heavy atom. The van der Waals surface area contributed by atoms with Gasteiger partial charge in [0, 0.05) is 31.4 Å². The smallest absolute Gasteiger partial charge is 0.302 e. The number of benzene rings is 3. The van der Waals surface area contributed by atoms with Gasteiger partial charge in [0.05, 0.1) is 35.9 Å². The molecule has 1 saturated heterocycles. The van der Waals surface area contributed by atoms with Crippen molar-refractivity contribution in [3.8, 4) is 11.5 Å². The highest BCUT2D eigenvalue weighted by Gasteiger charge is 2.48. The molecule has 1 aromatic heterocycles. The standard InChI is InChI=1S/C30H30N4O5/c1-17(2)39-22-8-6-7-19(15-22)27(35)25-26(18-9-11-20(12-10-18)33(3)4)34(29(37)28(25)36)30-31-23-14-13-21(38-5)16-24(23)32-30/h6-17,26,35H,1-5H3,(H,31,32)/b27-25+. The van der Waals surface area contributed by atoms with Gasteiger partial charge < -0.3 is 24.5 Å². The van der Waals surface area contributed by atoms with E-state index >= 15 is 0 Å². The Balaban J connectivity index is 1.68. The molecule has 0 saturated carbocycles. The van der Waals surface area contributed by atoms with Crippen molar-refractivity contribution in [3.63, 3.8) is 0 Å². The number of carbonyl (C=O) groups is 2. The number of ether oxygens (including phenoxy) is 2. The molecule has 0 radical (unpaired) electrons. The number of hydrogen-bond donors (Lipinski definition) is 2. The lowest BCUT2D eigenvalue weighted by Gasteiger charge is -2.24. The van der Waals surface area contributed by atoms with Gasteiger partial charge in [-0.2, -0.15) is 0 Å². The summed E-state index contributed by atoms with van der Waals surface area (Å²) >= 11 is 0. The average molecular weight is 527 g/mol. The SMILES string of the molecule is COc1ccc2nc(N3C(=O)C(=O)/C(=C(/O)c4cccc(OC(C)C)c4)C3c3ccc(N(C)C)cc3)[nH]c2c1. The highest BCUT2D eigenvalue weighted by Crippen LogP contribution is 2.42. The van der Waals surface area contributed by atoms with Gasteiger partial charge in [0.25, 0.3) is 5.78 Å². The van der Waals surface area contributed by atoms with E-state index in [-0.39, 0.29) is 23.4 Å². The molecule has 9 nitrogen and oxygen atoms in total. The number of aliphatic hydroxyl groups excluding tert-OH is 1. The summed E-state index contributed by atoms with van der Waals surface area (Å²) in [5.74, 6) is -0.524. The quantitative estimate of drug-likeness (QED) is 0.197. The number of fused-ring (bicyclic) bond motifs is 1. The predicted octanol–water partition coefficient (Wildman–Crippen LogP) is 5.05. The van der Waals surface area contributed by atoms with Gasteiger partial charge >= 0.3 is 5.91 Å². The molecule has 9 heteroatoms. The van der Waals surface area contributed by atoms with E-state index in [1.54, 1.807) is 49.6 Å². The molecule has 1 atom stereocenters. The summed E-state index contributed by atoms with van der Waals surface area (Å²) in [6.07, 6.45) is -0.0742. The summed E-state index contributed by atoms with van der Waals surface area (Å²) < 4.78 is 11.1. The molecule has 0 bridgehead atoms. The van der Waals surface area contributed by atoms with E-state index in [0.717, 1.165) is 5.69 Å². The third-order valence-electron chi connectivity index (χ3n) is 6.55. The van der Waals surface area contributed by atoms with Crippen LogP contribution in [0, 0.1) is 0 Å². The molecule has 4 aromatic rings. The van der Waals surface area contributed by atoms with Crippen molar-refractivity contribution in [2.75, 3.05) is 31.0 Å². The van der Waals surface area contributed by atoms with E-state index in [0.29, 0.717) is 33.7 Å². The van der Waals surface area contributed by atoms with Crippen LogP contribution in [0.15, 0.2) is 72.3 Å². The van der Waals surface area contributed by atoms with Crippen LogP contribution in [0.3, 0.4) is 0 Å². The Bertz CT molecular complexity index is 1590. The molecular formula is C30H30N4O5. The highest BCUT2D eigenvalue weighted by molar-refractivity contribution is 6.51. The number of amides is 1. The van der Waals surface area contributed by atoms with Gasteiger partial charge in [-0.3, -0.25) is 14.5 Å². The van der Waals surface area contributed by atoms with Crippen LogP contribution in [-0.4, -0.2) is 54.1 Å². The summed E-state index contributed by atoms with van der Waals surface area (Å²) in [6, 6.07) is 18.7. The fourth-order valence-corrected chi connectivity index (χ4v) is 4.68. The lowest BCUT2D eigenvalue weighted by atomic mass is 9.95. The minimum absolute atomic E-state index is 0.0302. The minimum atomic E-state index is -0.918. The predicted molar refractivity (Wildman–Crippen MR) is 150 cm³/mol. The number of methoxy groups -OCH3 is 1. The summed E-state index contributed by atoms with van der Waals surface area (Å²) in [5.41, 5.74) is 3.19. The van der Waals surface area contributed by atoms with Crippen LogP contribution < -0.4 is 19.3 Å². The van der Waals surface area contributed by atoms with Crippen LogP contribution in [0.4, 0.5) is 11.6 Å². The topological polar surface area (TPSA) is 108 Å². The maximum atomic E-state index is 13.5. The van der Waals surface area contributed by atoms with Crippen molar-refractivity contribution in [1.29, 1.82) is 0 Å². The Hall–Kier alpha value is -4.79. The Labute approximate surface area is 226 Å². The van der Waals surface area contributed by atoms with E-state index in [9.17, 15) is 14.7 Å². The van der Waals surface area contributed by atoms with Crippen molar-refractivity contribution in [2.45, 2.75) is 26.0 Å². The minimum Gasteiger partial charge on any atom is -0.507 e. The Morgan fingerprint density at radius 3 is 2.44 bits per heavy atom. The first-order valence-corrected chi connectivity index (χ1v) is 12.6. The zero-order valence-electron chi connectivity index (χ0n) is 22.4. The summed E-state index contributed by atoms with van der Waals surface area (Å²) in [4.78, 5) is 38.1. The van der Waals surface area contributed by atoms with E-state index < -0.39 is 17.7 Å². The van der Waals surface area contributed by atoms with Crippen LogP contribution in [-0.2, 0) is 9.59 Å². The number of H-pyrrole nitrogens is 1. The van der Waals surface area contributed by atoms with Crippen LogP contribution in [0.2, 0.25) is 0 Å². The number of imidazole rings is 1. The van der Waals surface area contributed by atoms with Gasteiger partial charge in [-0.1, -0.05) is 24.3 Å². The molecular weight excluding hydrogens is 496 g/mol.